The van der Waals surface area contributed by atoms with Gasteiger partial charge in [-0.05, 0) is 68.2 Å². The van der Waals surface area contributed by atoms with Crippen LogP contribution < -0.4 is 0 Å². The second kappa shape index (κ2) is 10.6. The number of aromatic hydroxyl groups is 2. The molecule has 0 bridgehead atoms. The molecule has 2 aliphatic heterocycles. The Hall–Kier alpha value is -2.12. The van der Waals surface area contributed by atoms with E-state index in [0.717, 1.165) is 33.4 Å². The van der Waals surface area contributed by atoms with E-state index in [9.17, 15) is 10.2 Å². The van der Waals surface area contributed by atoms with Crippen LogP contribution in [0.1, 0.15) is 129 Å². The van der Waals surface area contributed by atoms with Crippen LogP contribution in [-0.2, 0) is 40.6 Å². The van der Waals surface area contributed by atoms with Crippen molar-refractivity contribution in [3.05, 3.63) is 57.6 Å². The minimum absolute atomic E-state index is 0.232. The van der Waals surface area contributed by atoms with Crippen molar-refractivity contribution in [2.24, 2.45) is 5.41 Å². The van der Waals surface area contributed by atoms with Crippen molar-refractivity contribution in [2.75, 3.05) is 26.4 Å². The van der Waals surface area contributed by atoms with Crippen molar-refractivity contribution in [1.82, 2.24) is 0 Å². The molecule has 2 saturated heterocycles. The molecule has 0 unspecified atom stereocenters. The van der Waals surface area contributed by atoms with E-state index < -0.39 is 18.0 Å². The average molecular weight is 569 g/mol. The largest absolute Gasteiger partial charge is 0.507 e. The van der Waals surface area contributed by atoms with Crippen LogP contribution in [-0.4, -0.2) is 36.6 Å². The summed E-state index contributed by atoms with van der Waals surface area (Å²) in [5, 5.41) is 22.2. The first-order valence-electron chi connectivity index (χ1n) is 14.8. The van der Waals surface area contributed by atoms with Crippen LogP contribution in [0.4, 0.5) is 0 Å². The van der Waals surface area contributed by atoms with Crippen LogP contribution in [0.5, 0.6) is 11.5 Å². The van der Waals surface area contributed by atoms with Crippen molar-refractivity contribution in [1.29, 1.82) is 0 Å². The summed E-state index contributed by atoms with van der Waals surface area (Å²) < 4.78 is 25.3. The average Bonchev–Trinajstić information content (AvgIpc) is 2.83. The Morgan fingerprint density at radius 3 is 0.902 bits per heavy atom. The van der Waals surface area contributed by atoms with Gasteiger partial charge >= 0.3 is 0 Å². The van der Waals surface area contributed by atoms with Gasteiger partial charge in [0, 0.05) is 11.1 Å². The molecule has 0 atom stereocenters. The van der Waals surface area contributed by atoms with E-state index in [-0.39, 0.29) is 21.7 Å². The minimum Gasteiger partial charge on any atom is -0.507 e. The number of phenolic OH excluding ortho intramolecular Hbond substituents is 2. The van der Waals surface area contributed by atoms with Crippen LogP contribution in [0.2, 0.25) is 0 Å². The lowest BCUT2D eigenvalue weighted by Crippen LogP contribution is -2.49. The highest BCUT2D eigenvalue weighted by atomic mass is 16.7. The van der Waals surface area contributed by atoms with Crippen LogP contribution in [0.15, 0.2) is 24.3 Å². The molecule has 228 valence electrons. The molecule has 6 heteroatoms. The standard InChI is InChI=1S/C35H52O6/c1-31(2,3)23-13-21(14-24(27(23)36)32(4,5)6)29-38-17-35(18-39-29)19-40-30(41-20-35)22-15-25(33(7,8)9)28(37)26(16-22)34(10,11)12/h13-16,29-30,36-37H,17-20H2,1-12H3. The fourth-order valence-corrected chi connectivity index (χ4v) is 5.61. The molecule has 2 aromatic rings. The Kier molecular flexibility index (Phi) is 8.19. The van der Waals surface area contributed by atoms with Gasteiger partial charge in [0.2, 0.25) is 0 Å². The summed E-state index contributed by atoms with van der Waals surface area (Å²) in [4.78, 5) is 0. The molecule has 6 nitrogen and oxygen atoms in total. The lowest BCUT2D eigenvalue weighted by atomic mass is 9.78. The van der Waals surface area contributed by atoms with Gasteiger partial charge in [0.15, 0.2) is 12.6 Å². The smallest absolute Gasteiger partial charge is 0.183 e. The lowest BCUT2D eigenvalue weighted by Gasteiger charge is -2.44. The number of hydrogen-bond donors (Lipinski definition) is 2. The summed E-state index contributed by atoms with van der Waals surface area (Å²) in [6.45, 7) is 27.0. The second-order valence-electron chi connectivity index (χ2n) is 16.3. The Morgan fingerprint density at radius 1 is 0.488 bits per heavy atom. The number of ether oxygens (including phenoxy) is 4. The molecule has 0 saturated carbocycles. The second-order valence-corrected chi connectivity index (χ2v) is 16.3. The van der Waals surface area contributed by atoms with Crippen LogP contribution >= 0.6 is 0 Å². The minimum atomic E-state index is -0.526. The maximum Gasteiger partial charge on any atom is 0.183 e. The van der Waals surface area contributed by atoms with E-state index in [4.69, 9.17) is 18.9 Å². The zero-order valence-corrected chi connectivity index (χ0v) is 27.3. The number of hydrogen-bond acceptors (Lipinski definition) is 6. The highest BCUT2D eigenvalue weighted by molar-refractivity contribution is 5.51. The first-order chi connectivity index (χ1) is 18.6. The highest BCUT2D eigenvalue weighted by Crippen LogP contribution is 2.45. The monoisotopic (exact) mass is 568 g/mol. The Labute approximate surface area is 247 Å². The van der Waals surface area contributed by atoms with Gasteiger partial charge in [-0.1, -0.05) is 83.1 Å². The molecule has 2 aromatic carbocycles. The molecule has 4 rings (SSSR count). The zero-order valence-electron chi connectivity index (χ0n) is 27.3. The van der Waals surface area contributed by atoms with Crippen molar-refractivity contribution >= 4 is 0 Å². The van der Waals surface area contributed by atoms with Gasteiger partial charge in [-0.25, -0.2) is 0 Å². The number of phenols is 2. The Bertz CT molecular complexity index is 1080. The van der Waals surface area contributed by atoms with Gasteiger partial charge in [0.1, 0.15) is 11.5 Å². The SMILES string of the molecule is CC(C)(C)c1cc(C2OCC3(CO2)COC(c2cc(C(C)(C)C)c(O)c(C(C)(C)C)c2)OC3)cc(C(C)(C)C)c1O. The zero-order chi connectivity index (χ0) is 30.8. The van der Waals surface area contributed by atoms with Crippen molar-refractivity contribution in [2.45, 2.75) is 117 Å². The van der Waals surface area contributed by atoms with E-state index in [0.29, 0.717) is 37.9 Å². The molecule has 2 heterocycles. The first kappa shape index (κ1) is 31.8. The van der Waals surface area contributed by atoms with Gasteiger partial charge in [0.05, 0.1) is 31.8 Å². The quantitative estimate of drug-likeness (QED) is 0.382. The molecule has 0 radical (unpaired) electrons. The molecule has 0 aliphatic carbocycles. The summed E-state index contributed by atoms with van der Waals surface area (Å²) in [6, 6.07) is 8.06. The van der Waals surface area contributed by atoms with E-state index in [2.05, 4.69) is 83.1 Å². The molecular weight excluding hydrogens is 516 g/mol. The molecular formula is C35H52O6. The van der Waals surface area contributed by atoms with Crippen molar-refractivity contribution in [3.63, 3.8) is 0 Å². The highest BCUT2D eigenvalue weighted by Gasteiger charge is 2.43. The summed E-state index contributed by atoms with van der Waals surface area (Å²) in [7, 11) is 0. The van der Waals surface area contributed by atoms with Gasteiger partial charge < -0.3 is 29.2 Å². The van der Waals surface area contributed by atoms with E-state index in [1.54, 1.807) is 0 Å². The lowest BCUT2D eigenvalue weighted by molar-refractivity contribution is -0.307. The van der Waals surface area contributed by atoms with Crippen LogP contribution in [0.3, 0.4) is 0 Å². The molecule has 2 fully saturated rings. The predicted molar refractivity (Wildman–Crippen MR) is 163 cm³/mol. The van der Waals surface area contributed by atoms with Gasteiger partial charge in [-0.2, -0.15) is 0 Å². The molecule has 0 amide bonds. The third-order valence-electron chi connectivity index (χ3n) is 8.20. The van der Waals surface area contributed by atoms with Crippen LogP contribution in [0.25, 0.3) is 0 Å². The topological polar surface area (TPSA) is 77.4 Å². The first-order valence-corrected chi connectivity index (χ1v) is 14.8. The van der Waals surface area contributed by atoms with E-state index >= 15 is 0 Å². The summed E-state index contributed by atoms with van der Waals surface area (Å²) in [5.74, 6) is 0.694. The number of benzene rings is 2. The normalized spacial score (nSPS) is 24.6. The molecule has 41 heavy (non-hydrogen) atoms. The Morgan fingerprint density at radius 2 is 0.707 bits per heavy atom. The van der Waals surface area contributed by atoms with E-state index in [1.807, 2.05) is 24.3 Å². The van der Waals surface area contributed by atoms with Gasteiger partial charge in [-0.15, -0.1) is 0 Å². The fourth-order valence-electron chi connectivity index (χ4n) is 5.61. The van der Waals surface area contributed by atoms with E-state index in [1.165, 1.54) is 0 Å². The van der Waals surface area contributed by atoms with Gasteiger partial charge in [-0.3, -0.25) is 0 Å². The molecule has 0 aromatic heterocycles. The summed E-state index contributed by atoms with van der Waals surface area (Å²) in [6.07, 6.45) is -1.05. The maximum atomic E-state index is 11.1. The Balaban J connectivity index is 1.52. The molecule has 2 aliphatic rings. The van der Waals surface area contributed by atoms with Gasteiger partial charge in [0.25, 0.3) is 0 Å². The summed E-state index contributed by atoms with van der Waals surface area (Å²) in [5.41, 5.74) is 4.04. The number of rotatable bonds is 2. The summed E-state index contributed by atoms with van der Waals surface area (Å²) >= 11 is 0. The molecule has 1 spiro atoms. The fraction of sp³-hybridized carbons (Fsp3) is 0.657. The van der Waals surface area contributed by atoms with Crippen molar-refractivity contribution < 1.29 is 29.2 Å². The maximum absolute atomic E-state index is 11.1. The van der Waals surface area contributed by atoms with Crippen LogP contribution in [0, 0.1) is 5.41 Å². The predicted octanol–water partition coefficient (Wildman–Crippen LogP) is 8.07. The third kappa shape index (κ3) is 6.61. The molecule has 2 N–H and O–H groups in total. The van der Waals surface area contributed by atoms with Crippen molar-refractivity contribution in [3.8, 4) is 11.5 Å². The third-order valence-corrected chi connectivity index (χ3v) is 8.20.